The zero-order chi connectivity index (χ0) is 48.3. The van der Waals surface area contributed by atoms with Gasteiger partial charge in [-0.15, -0.1) is 0 Å². The molecule has 356 valence electrons. The molecule has 0 unspecified atom stereocenters. The number of anilines is 4. The predicted molar refractivity (Wildman–Crippen MR) is 296 cm³/mol. The van der Waals surface area contributed by atoms with E-state index in [-0.39, 0.29) is 0 Å². The summed E-state index contributed by atoms with van der Waals surface area (Å²) in [7, 11) is 0. The van der Waals surface area contributed by atoms with E-state index in [1.165, 1.54) is 75.3 Å². The average Bonchev–Trinajstić information content (AvgIpc) is 3.29. The quantitative estimate of drug-likeness (QED) is 0.0488. The largest absolute Gasteiger partial charge is 0.443 e. The Morgan fingerprint density at radius 3 is 1.13 bits per heavy atom. The van der Waals surface area contributed by atoms with Crippen molar-refractivity contribution in [3.05, 3.63) is 117 Å². The number of benzene rings is 8. The van der Waals surface area contributed by atoms with Crippen molar-refractivity contribution in [1.29, 1.82) is 0 Å². The van der Waals surface area contributed by atoms with Gasteiger partial charge in [-0.05, 0) is 126 Å². The molecule has 0 atom stereocenters. The normalized spacial score (nSPS) is 12.3. The van der Waals surface area contributed by atoms with E-state index in [1.807, 2.05) is 41.5 Å². The summed E-state index contributed by atoms with van der Waals surface area (Å²) in [4.78, 5) is 33.6. The molecule has 0 aliphatic rings. The maximum Gasteiger partial charge on any atom is 0.419 e. The highest BCUT2D eigenvalue weighted by molar-refractivity contribution is 9.11. The number of amides is 2. The SMILES string of the molecule is CCCCCCCCc1ccc(N(C(=O)OC(C)(C)C)c2c3cccc4c(Br)cc5c(N(C(=O)OC(C)(C)C)c6ccc(CCCCCCCC)cc6)c6cccc7c(Br)cc2c(c76)c5c43)cc1. The second-order valence-electron chi connectivity index (χ2n) is 20.7. The Bertz CT molecular complexity index is 2810. The van der Waals surface area contributed by atoms with E-state index in [4.69, 9.17) is 9.47 Å². The Hall–Kier alpha value is -4.92. The van der Waals surface area contributed by atoms with Gasteiger partial charge >= 0.3 is 12.2 Å². The minimum absolute atomic E-state index is 0.456. The van der Waals surface area contributed by atoms with Crippen LogP contribution in [0, 0.1) is 0 Å². The second kappa shape index (κ2) is 21.0. The smallest absolute Gasteiger partial charge is 0.419 e. The van der Waals surface area contributed by atoms with Crippen molar-refractivity contribution >= 4 is 121 Å². The Balaban J connectivity index is 1.37. The van der Waals surface area contributed by atoms with E-state index in [2.05, 4.69) is 143 Å². The number of carbonyl (C=O) groups is 2. The maximum atomic E-state index is 15.0. The number of rotatable bonds is 18. The molecular weight excluding hydrogens is 972 g/mol. The van der Waals surface area contributed by atoms with Crippen LogP contribution in [0.1, 0.15) is 144 Å². The first-order valence-electron chi connectivity index (χ1n) is 25.1. The number of halogens is 2. The molecule has 68 heavy (non-hydrogen) atoms. The predicted octanol–water partition coefficient (Wildman–Crippen LogP) is 19.8. The van der Waals surface area contributed by atoms with Crippen LogP contribution in [0.5, 0.6) is 0 Å². The monoisotopic (exact) mass is 1040 g/mol. The zero-order valence-corrected chi connectivity index (χ0v) is 44.6. The molecule has 0 radical (unpaired) electrons. The summed E-state index contributed by atoms with van der Waals surface area (Å²) in [6.07, 6.45) is 15.9. The third kappa shape index (κ3) is 10.5. The van der Waals surface area contributed by atoms with Crippen molar-refractivity contribution < 1.29 is 19.1 Å². The maximum absolute atomic E-state index is 15.0. The van der Waals surface area contributed by atoms with Gasteiger partial charge in [0.05, 0.1) is 22.7 Å². The van der Waals surface area contributed by atoms with Crippen LogP contribution in [0.25, 0.3) is 53.9 Å². The van der Waals surface area contributed by atoms with Crippen LogP contribution in [-0.2, 0) is 22.3 Å². The molecule has 0 heterocycles. The number of carbonyl (C=O) groups excluding carboxylic acids is 2. The molecule has 8 aromatic rings. The van der Waals surface area contributed by atoms with E-state index in [0.29, 0.717) is 0 Å². The van der Waals surface area contributed by atoms with Crippen LogP contribution >= 0.6 is 31.9 Å². The van der Waals surface area contributed by atoms with E-state index in [0.717, 1.165) is 111 Å². The number of ether oxygens (including phenoxy) is 2. The topological polar surface area (TPSA) is 59.1 Å². The van der Waals surface area contributed by atoms with E-state index < -0.39 is 23.4 Å². The summed E-state index contributed by atoms with van der Waals surface area (Å²) in [6, 6.07) is 33.9. The summed E-state index contributed by atoms with van der Waals surface area (Å²) in [5.74, 6) is 0. The summed E-state index contributed by atoms with van der Waals surface area (Å²) in [5.41, 5.74) is 3.93. The highest BCUT2D eigenvalue weighted by Gasteiger charge is 2.35. The second-order valence-corrected chi connectivity index (χ2v) is 22.4. The van der Waals surface area contributed by atoms with Crippen molar-refractivity contribution in [2.45, 2.75) is 156 Å². The first-order chi connectivity index (χ1) is 32.6. The molecule has 0 saturated carbocycles. The fourth-order valence-corrected chi connectivity index (χ4v) is 11.2. The lowest BCUT2D eigenvalue weighted by molar-refractivity contribution is 0.0588. The van der Waals surface area contributed by atoms with Gasteiger partial charge in [0.25, 0.3) is 0 Å². The fourth-order valence-electron chi connectivity index (χ4n) is 10.0. The molecule has 0 N–H and O–H groups in total. The van der Waals surface area contributed by atoms with Crippen molar-refractivity contribution in [1.82, 2.24) is 0 Å². The molecular formula is C60H68Br2N2O4. The Morgan fingerprint density at radius 1 is 0.441 bits per heavy atom. The molecule has 8 aromatic carbocycles. The highest BCUT2D eigenvalue weighted by Crippen LogP contribution is 2.56. The summed E-state index contributed by atoms with van der Waals surface area (Å²) in [6.45, 7) is 16.0. The van der Waals surface area contributed by atoms with Gasteiger partial charge in [0, 0.05) is 52.0 Å². The summed E-state index contributed by atoms with van der Waals surface area (Å²) < 4.78 is 14.4. The molecule has 0 aliphatic carbocycles. The van der Waals surface area contributed by atoms with E-state index >= 15 is 0 Å². The molecule has 0 bridgehead atoms. The Morgan fingerprint density at radius 2 is 0.779 bits per heavy atom. The van der Waals surface area contributed by atoms with Gasteiger partial charge in [-0.3, -0.25) is 0 Å². The molecule has 2 amide bonds. The third-order valence-electron chi connectivity index (χ3n) is 13.1. The van der Waals surface area contributed by atoms with Gasteiger partial charge in [-0.2, -0.15) is 0 Å². The van der Waals surface area contributed by atoms with Crippen LogP contribution in [0.4, 0.5) is 32.3 Å². The third-order valence-corrected chi connectivity index (χ3v) is 14.4. The van der Waals surface area contributed by atoms with Crippen molar-refractivity contribution in [3.8, 4) is 0 Å². The van der Waals surface area contributed by atoms with Gasteiger partial charge in [0.15, 0.2) is 0 Å². The number of hydrogen-bond donors (Lipinski definition) is 0. The van der Waals surface area contributed by atoms with E-state index in [1.54, 1.807) is 9.80 Å². The van der Waals surface area contributed by atoms with Gasteiger partial charge in [-0.1, -0.05) is 171 Å². The van der Waals surface area contributed by atoms with Gasteiger partial charge in [0.2, 0.25) is 0 Å². The molecule has 8 heteroatoms. The Kier molecular flexibility index (Phi) is 15.3. The first kappa shape index (κ1) is 49.5. The van der Waals surface area contributed by atoms with Crippen LogP contribution in [0.15, 0.2) is 106 Å². The number of hydrogen-bond acceptors (Lipinski definition) is 4. The standard InChI is InChI=1S/C60H68Br2N2O4/c1-9-11-13-15-17-19-23-39-29-33-41(34-30-39)63(57(65)67-59(3,4)5)55-45-27-21-25-43-50(62)38-48-54(51(43)45)53-47(55)37-49(61)44-26-22-28-46(52(44)53)56(48)64(58(66)68-60(6,7)8)42-35-31-40(32-36-42)24-20-18-16-14-12-10-2/h21-22,25-38H,9-20,23-24H2,1-8H3. The van der Waals surface area contributed by atoms with Crippen molar-refractivity contribution in [2.24, 2.45) is 0 Å². The van der Waals surface area contributed by atoms with Crippen molar-refractivity contribution in [2.75, 3.05) is 9.80 Å². The average molecular weight is 1040 g/mol. The number of unbranched alkanes of at least 4 members (excludes halogenated alkanes) is 10. The number of aryl methyl sites for hydroxylation is 2. The molecule has 0 spiro atoms. The molecule has 0 aliphatic heterocycles. The highest BCUT2D eigenvalue weighted by atomic mass is 79.9. The molecule has 0 saturated heterocycles. The van der Waals surface area contributed by atoms with Gasteiger partial charge in [0.1, 0.15) is 11.2 Å². The Labute approximate surface area is 420 Å². The fraction of sp³-hybridized carbons (Fsp3) is 0.400. The van der Waals surface area contributed by atoms with Gasteiger partial charge < -0.3 is 9.47 Å². The zero-order valence-electron chi connectivity index (χ0n) is 41.4. The first-order valence-corrected chi connectivity index (χ1v) is 26.7. The van der Waals surface area contributed by atoms with Crippen LogP contribution in [-0.4, -0.2) is 23.4 Å². The minimum Gasteiger partial charge on any atom is -0.443 e. The van der Waals surface area contributed by atoms with Crippen LogP contribution in [0.2, 0.25) is 0 Å². The van der Waals surface area contributed by atoms with Crippen LogP contribution < -0.4 is 9.80 Å². The van der Waals surface area contributed by atoms with E-state index in [9.17, 15) is 9.59 Å². The molecule has 8 rings (SSSR count). The lowest BCUT2D eigenvalue weighted by Gasteiger charge is -2.33. The van der Waals surface area contributed by atoms with Gasteiger partial charge in [-0.25, -0.2) is 19.4 Å². The summed E-state index contributed by atoms with van der Waals surface area (Å²) in [5, 5.41) is 9.56. The number of nitrogens with zero attached hydrogens (tertiary/aromatic N) is 2. The molecule has 0 fully saturated rings. The lowest BCUT2D eigenvalue weighted by atomic mass is 9.84. The lowest BCUT2D eigenvalue weighted by Crippen LogP contribution is -2.34. The summed E-state index contributed by atoms with van der Waals surface area (Å²) >= 11 is 8.08. The molecule has 0 aromatic heterocycles. The van der Waals surface area contributed by atoms with Crippen molar-refractivity contribution in [3.63, 3.8) is 0 Å². The van der Waals surface area contributed by atoms with Crippen LogP contribution in [0.3, 0.4) is 0 Å². The molecule has 6 nitrogen and oxygen atoms in total. The minimum atomic E-state index is -0.755.